The number of anilines is 1. The zero-order valence-corrected chi connectivity index (χ0v) is 15.9. The van der Waals surface area contributed by atoms with E-state index in [2.05, 4.69) is 5.32 Å². The van der Waals surface area contributed by atoms with Crippen LogP contribution in [0.4, 0.5) is 14.5 Å². The maximum atomic E-state index is 13.7. The lowest BCUT2D eigenvalue weighted by atomic mass is 10.1. The van der Waals surface area contributed by atoms with Gasteiger partial charge in [-0.25, -0.2) is 8.78 Å². The Labute approximate surface area is 162 Å². The Kier molecular flexibility index (Phi) is 6.04. The number of halogens is 2. The third kappa shape index (κ3) is 4.54. The molecular formula is C21H23F2N3O2. The van der Waals surface area contributed by atoms with Crippen molar-refractivity contribution >= 4 is 17.5 Å². The van der Waals surface area contributed by atoms with Crippen molar-refractivity contribution in [3.05, 3.63) is 65.2 Å². The average Bonchev–Trinajstić information content (AvgIpc) is 2.69. The average molecular weight is 387 g/mol. The van der Waals surface area contributed by atoms with E-state index in [0.29, 0.717) is 43.0 Å². The topological polar surface area (TPSA) is 52.7 Å². The van der Waals surface area contributed by atoms with Gasteiger partial charge in [-0.1, -0.05) is 12.1 Å². The molecule has 0 bridgehead atoms. The lowest BCUT2D eigenvalue weighted by Crippen LogP contribution is -2.54. The van der Waals surface area contributed by atoms with Crippen molar-refractivity contribution in [1.82, 2.24) is 9.80 Å². The van der Waals surface area contributed by atoms with E-state index >= 15 is 0 Å². The van der Waals surface area contributed by atoms with Crippen molar-refractivity contribution < 1.29 is 18.4 Å². The van der Waals surface area contributed by atoms with E-state index < -0.39 is 17.7 Å². The molecule has 0 aromatic heterocycles. The predicted octanol–water partition coefficient (Wildman–Crippen LogP) is 3.06. The van der Waals surface area contributed by atoms with Crippen LogP contribution in [-0.4, -0.2) is 53.8 Å². The minimum absolute atomic E-state index is 0.213. The Morgan fingerprint density at radius 3 is 2.39 bits per heavy atom. The molecule has 0 aliphatic carbocycles. The highest BCUT2D eigenvalue weighted by atomic mass is 19.1. The molecule has 1 unspecified atom stereocenters. The van der Waals surface area contributed by atoms with E-state index in [9.17, 15) is 18.4 Å². The van der Waals surface area contributed by atoms with Crippen LogP contribution >= 0.6 is 0 Å². The Morgan fingerprint density at radius 1 is 1.04 bits per heavy atom. The molecule has 1 heterocycles. The first kappa shape index (κ1) is 19.9. The SMILES string of the molecule is Cc1ccc(C(=O)N2CCN(C(C)C(=O)Nc3cccc(F)c3)CC2)cc1F. The molecule has 2 amide bonds. The van der Waals surface area contributed by atoms with Gasteiger partial charge in [-0.15, -0.1) is 0 Å². The van der Waals surface area contributed by atoms with Crippen molar-refractivity contribution in [2.75, 3.05) is 31.5 Å². The smallest absolute Gasteiger partial charge is 0.254 e. The molecule has 1 N–H and O–H groups in total. The maximum absolute atomic E-state index is 13.7. The molecule has 1 aliphatic heterocycles. The molecule has 0 radical (unpaired) electrons. The van der Waals surface area contributed by atoms with Crippen LogP contribution < -0.4 is 5.32 Å². The van der Waals surface area contributed by atoms with Gasteiger partial charge in [-0.3, -0.25) is 14.5 Å². The fourth-order valence-corrected chi connectivity index (χ4v) is 3.20. The van der Waals surface area contributed by atoms with Crippen molar-refractivity contribution in [2.45, 2.75) is 19.9 Å². The molecule has 5 nitrogen and oxygen atoms in total. The fraction of sp³-hybridized carbons (Fsp3) is 0.333. The molecule has 0 saturated carbocycles. The van der Waals surface area contributed by atoms with Crippen LogP contribution in [0.3, 0.4) is 0 Å². The summed E-state index contributed by atoms with van der Waals surface area (Å²) < 4.78 is 27.0. The maximum Gasteiger partial charge on any atom is 0.254 e. The Bertz CT molecular complexity index is 880. The summed E-state index contributed by atoms with van der Waals surface area (Å²) in [6, 6.07) is 9.81. The highest BCUT2D eigenvalue weighted by Crippen LogP contribution is 2.15. The molecule has 148 valence electrons. The number of piperazine rings is 1. The molecule has 2 aromatic rings. The molecule has 1 atom stereocenters. The summed E-state index contributed by atoms with van der Waals surface area (Å²) in [6.07, 6.45) is 0. The minimum atomic E-state index is -0.419. The first-order valence-corrected chi connectivity index (χ1v) is 9.21. The van der Waals surface area contributed by atoms with Crippen LogP contribution in [0.15, 0.2) is 42.5 Å². The summed E-state index contributed by atoms with van der Waals surface area (Å²) in [5.41, 5.74) is 1.24. The molecular weight excluding hydrogens is 364 g/mol. The molecule has 2 aromatic carbocycles. The van der Waals surface area contributed by atoms with Gasteiger partial charge < -0.3 is 10.2 Å². The second-order valence-corrected chi connectivity index (χ2v) is 6.97. The monoisotopic (exact) mass is 387 g/mol. The normalized spacial score (nSPS) is 15.9. The molecule has 1 saturated heterocycles. The van der Waals surface area contributed by atoms with E-state index in [-0.39, 0.29) is 11.8 Å². The van der Waals surface area contributed by atoms with Gasteiger partial charge in [-0.2, -0.15) is 0 Å². The summed E-state index contributed by atoms with van der Waals surface area (Å²) in [5.74, 6) is -1.25. The second-order valence-electron chi connectivity index (χ2n) is 6.97. The number of nitrogens with one attached hydrogen (secondary N) is 1. The minimum Gasteiger partial charge on any atom is -0.336 e. The van der Waals surface area contributed by atoms with E-state index in [4.69, 9.17) is 0 Å². The van der Waals surface area contributed by atoms with Crippen molar-refractivity contribution in [3.63, 3.8) is 0 Å². The highest BCUT2D eigenvalue weighted by molar-refractivity contribution is 5.95. The number of rotatable bonds is 4. The molecule has 0 spiro atoms. The van der Waals surface area contributed by atoms with Crippen LogP contribution in [0.25, 0.3) is 0 Å². The summed E-state index contributed by atoms with van der Waals surface area (Å²) >= 11 is 0. The zero-order chi connectivity index (χ0) is 20.3. The van der Waals surface area contributed by atoms with Gasteiger partial charge in [0.2, 0.25) is 5.91 Å². The molecule has 3 rings (SSSR count). The van der Waals surface area contributed by atoms with Gasteiger partial charge in [-0.05, 0) is 49.7 Å². The van der Waals surface area contributed by atoms with Crippen LogP contribution in [0, 0.1) is 18.6 Å². The number of hydrogen-bond donors (Lipinski definition) is 1. The third-order valence-electron chi connectivity index (χ3n) is 5.04. The quantitative estimate of drug-likeness (QED) is 0.877. The Hall–Kier alpha value is -2.80. The van der Waals surface area contributed by atoms with Gasteiger partial charge >= 0.3 is 0 Å². The lowest BCUT2D eigenvalue weighted by Gasteiger charge is -2.37. The number of aryl methyl sites for hydroxylation is 1. The summed E-state index contributed by atoms with van der Waals surface area (Å²) in [6.45, 7) is 5.38. The largest absolute Gasteiger partial charge is 0.336 e. The van der Waals surface area contributed by atoms with E-state index in [1.807, 2.05) is 4.90 Å². The van der Waals surface area contributed by atoms with Gasteiger partial charge in [0.15, 0.2) is 0 Å². The number of carbonyl (C=O) groups is 2. The second kappa shape index (κ2) is 8.48. The van der Waals surface area contributed by atoms with Crippen molar-refractivity contribution in [1.29, 1.82) is 0 Å². The molecule has 7 heteroatoms. The molecule has 28 heavy (non-hydrogen) atoms. The number of amides is 2. The number of hydrogen-bond acceptors (Lipinski definition) is 3. The zero-order valence-electron chi connectivity index (χ0n) is 15.9. The first-order chi connectivity index (χ1) is 13.3. The first-order valence-electron chi connectivity index (χ1n) is 9.21. The van der Waals surface area contributed by atoms with E-state index in [1.165, 1.54) is 24.3 Å². The van der Waals surface area contributed by atoms with E-state index in [0.717, 1.165) is 0 Å². The van der Waals surface area contributed by atoms with Gasteiger partial charge in [0.05, 0.1) is 6.04 Å². The third-order valence-corrected chi connectivity index (χ3v) is 5.04. The lowest BCUT2D eigenvalue weighted by molar-refractivity contribution is -0.121. The van der Waals surface area contributed by atoms with Crippen LogP contribution in [0.2, 0.25) is 0 Å². The van der Waals surface area contributed by atoms with Crippen LogP contribution in [0.5, 0.6) is 0 Å². The summed E-state index contributed by atoms with van der Waals surface area (Å²) in [5, 5.41) is 2.71. The summed E-state index contributed by atoms with van der Waals surface area (Å²) in [7, 11) is 0. The van der Waals surface area contributed by atoms with Crippen molar-refractivity contribution in [2.24, 2.45) is 0 Å². The van der Waals surface area contributed by atoms with Gasteiger partial charge in [0.25, 0.3) is 5.91 Å². The highest BCUT2D eigenvalue weighted by Gasteiger charge is 2.28. The van der Waals surface area contributed by atoms with Gasteiger partial charge in [0.1, 0.15) is 11.6 Å². The van der Waals surface area contributed by atoms with Crippen LogP contribution in [-0.2, 0) is 4.79 Å². The Morgan fingerprint density at radius 2 is 1.75 bits per heavy atom. The molecule has 1 aliphatic rings. The fourth-order valence-electron chi connectivity index (χ4n) is 3.20. The van der Waals surface area contributed by atoms with Crippen LogP contribution in [0.1, 0.15) is 22.8 Å². The number of nitrogens with zero attached hydrogens (tertiary/aromatic N) is 2. The predicted molar refractivity (Wildman–Crippen MR) is 103 cm³/mol. The standard InChI is InChI=1S/C21H23F2N3O2/c1-14-6-7-16(12-19(14)23)21(28)26-10-8-25(9-11-26)15(2)20(27)24-18-5-3-4-17(22)13-18/h3-7,12-13,15H,8-11H2,1-2H3,(H,24,27). The number of carbonyl (C=O) groups excluding carboxylic acids is 2. The van der Waals surface area contributed by atoms with Crippen molar-refractivity contribution in [3.8, 4) is 0 Å². The Balaban J connectivity index is 1.56. The summed E-state index contributed by atoms with van der Waals surface area (Å²) in [4.78, 5) is 28.6. The van der Waals surface area contributed by atoms with E-state index in [1.54, 1.807) is 36.9 Å². The number of benzene rings is 2. The van der Waals surface area contributed by atoms with Gasteiger partial charge in [0, 0.05) is 37.4 Å². The molecule has 1 fully saturated rings.